The summed E-state index contributed by atoms with van der Waals surface area (Å²) in [5, 5.41) is 5.39. The van der Waals surface area contributed by atoms with Gasteiger partial charge in [0, 0.05) is 31.7 Å². The van der Waals surface area contributed by atoms with Crippen molar-refractivity contribution in [3.63, 3.8) is 0 Å². The van der Waals surface area contributed by atoms with Crippen LogP contribution in [-0.4, -0.2) is 51.3 Å². The second-order valence-corrected chi connectivity index (χ2v) is 8.83. The molecule has 0 aromatic heterocycles. The van der Waals surface area contributed by atoms with Crippen LogP contribution in [0.2, 0.25) is 0 Å². The monoisotopic (exact) mass is 431 g/mol. The topological polar surface area (TPSA) is 105 Å². The molecule has 1 heterocycles. The molecule has 0 radical (unpaired) electrons. The summed E-state index contributed by atoms with van der Waals surface area (Å²) in [4.78, 5) is 24.6. The zero-order valence-corrected chi connectivity index (χ0v) is 17.6. The molecule has 2 amide bonds. The number of para-hydroxylation sites is 1. The molecule has 1 aliphatic heterocycles. The highest BCUT2D eigenvalue weighted by atomic mass is 32.2. The summed E-state index contributed by atoms with van der Waals surface area (Å²) in [7, 11) is -1.99. The Morgan fingerprint density at radius 1 is 1.03 bits per heavy atom. The normalized spacial score (nSPS) is 14.3. The quantitative estimate of drug-likeness (QED) is 0.667. The number of anilines is 1. The lowest BCUT2D eigenvalue weighted by molar-refractivity contribution is -0.116. The third-order valence-electron chi connectivity index (χ3n) is 4.83. The smallest absolute Gasteiger partial charge is 0.255 e. The van der Waals surface area contributed by atoms with E-state index in [1.165, 1.54) is 23.5 Å². The number of carbonyl (C=O) groups excluding carboxylic acids is 2. The van der Waals surface area contributed by atoms with Crippen molar-refractivity contribution in [2.45, 2.75) is 24.2 Å². The molecule has 0 bridgehead atoms. The van der Waals surface area contributed by atoms with Crippen LogP contribution in [0.4, 0.5) is 5.69 Å². The van der Waals surface area contributed by atoms with Crippen LogP contribution in [0, 0.1) is 0 Å². The van der Waals surface area contributed by atoms with Crippen molar-refractivity contribution in [3.05, 3.63) is 54.1 Å². The molecule has 1 saturated heterocycles. The van der Waals surface area contributed by atoms with Crippen LogP contribution < -0.4 is 15.4 Å². The van der Waals surface area contributed by atoms with Gasteiger partial charge in [-0.05, 0) is 49.2 Å². The number of amides is 2. The number of hydrogen-bond acceptors (Lipinski definition) is 5. The molecule has 8 nitrogen and oxygen atoms in total. The number of benzene rings is 2. The van der Waals surface area contributed by atoms with E-state index in [0.717, 1.165) is 12.8 Å². The van der Waals surface area contributed by atoms with Crippen molar-refractivity contribution in [2.24, 2.45) is 0 Å². The Labute approximate surface area is 176 Å². The van der Waals surface area contributed by atoms with Gasteiger partial charge in [0.15, 0.2) is 0 Å². The maximum atomic E-state index is 12.5. The first kappa shape index (κ1) is 21.8. The minimum absolute atomic E-state index is 0.0781. The van der Waals surface area contributed by atoms with Crippen LogP contribution in [0.15, 0.2) is 53.4 Å². The summed E-state index contributed by atoms with van der Waals surface area (Å²) < 4.78 is 31.7. The van der Waals surface area contributed by atoms with Crippen LogP contribution >= 0.6 is 0 Å². The van der Waals surface area contributed by atoms with Gasteiger partial charge in [-0.3, -0.25) is 9.59 Å². The molecule has 9 heteroatoms. The second kappa shape index (κ2) is 9.73. The summed E-state index contributed by atoms with van der Waals surface area (Å²) >= 11 is 0. The molecular weight excluding hydrogens is 406 g/mol. The van der Waals surface area contributed by atoms with E-state index in [9.17, 15) is 18.0 Å². The van der Waals surface area contributed by atoms with Crippen molar-refractivity contribution in [1.82, 2.24) is 9.62 Å². The zero-order chi connectivity index (χ0) is 21.6. The van der Waals surface area contributed by atoms with E-state index in [2.05, 4.69) is 10.6 Å². The second-order valence-electron chi connectivity index (χ2n) is 6.89. The van der Waals surface area contributed by atoms with E-state index in [1.54, 1.807) is 36.4 Å². The summed E-state index contributed by atoms with van der Waals surface area (Å²) in [5.41, 5.74) is 0.895. The molecule has 2 aromatic carbocycles. The predicted octanol–water partition coefficient (Wildman–Crippen LogP) is 2.24. The van der Waals surface area contributed by atoms with Crippen molar-refractivity contribution in [1.29, 1.82) is 0 Å². The van der Waals surface area contributed by atoms with Gasteiger partial charge in [0.05, 0.1) is 17.6 Å². The maximum absolute atomic E-state index is 12.5. The Hall–Kier alpha value is -2.91. The van der Waals surface area contributed by atoms with Crippen LogP contribution in [0.1, 0.15) is 29.6 Å². The zero-order valence-electron chi connectivity index (χ0n) is 16.8. The Kier molecular flexibility index (Phi) is 7.07. The SMILES string of the molecule is COc1ccccc1C(=O)NCCC(=O)Nc1ccc(S(=O)(=O)N2CCCC2)cc1. The van der Waals surface area contributed by atoms with Gasteiger partial charge in [-0.15, -0.1) is 0 Å². The first-order valence-corrected chi connectivity index (χ1v) is 11.2. The molecule has 1 aliphatic rings. The largest absolute Gasteiger partial charge is 0.496 e. The first-order valence-electron chi connectivity index (χ1n) is 9.73. The average Bonchev–Trinajstić information content (AvgIpc) is 3.30. The van der Waals surface area contributed by atoms with E-state index in [4.69, 9.17) is 4.74 Å². The highest BCUT2D eigenvalue weighted by Gasteiger charge is 2.26. The van der Waals surface area contributed by atoms with Gasteiger partial charge in [-0.25, -0.2) is 8.42 Å². The number of nitrogens with one attached hydrogen (secondary N) is 2. The van der Waals surface area contributed by atoms with Crippen molar-refractivity contribution in [3.8, 4) is 5.75 Å². The van der Waals surface area contributed by atoms with E-state index < -0.39 is 10.0 Å². The predicted molar refractivity (Wildman–Crippen MR) is 113 cm³/mol. The molecular formula is C21H25N3O5S. The number of methoxy groups -OCH3 is 1. The Morgan fingerprint density at radius 3 is 2.37 bits per heavy atom. The minimum atomic E-state index is -3.48. The number of sulfonamides is 1. The summed E-state index contributed by atoms with van der Waals surface area (Å²) in [6.07, 6.45) is 1.83. The fourth-order valence-corrected chi connectivity index (χ4v) is 4.75. The van der Waals surface area contributed by atoms with E-state index in [-0.39, 0.29) is 29.7 Å². The van der Waals surface area contributed by atoms with Crippen molar-refractivity contribution < 1.29 is 22.7 Å². The van der Waals surface area contributed by atoms with Crippen LogP contribution in [0.5, 0.6) is 5.75 Å². The Bertz CT molecular complexity index is 1000. The minimum Gasteiger partial charge on any atom is -0.496 e. The number of rotatable bonds is 8. The lowest BCUT2D eigenvalue weighted by Gasteiger charge is -2.15. The molecule has 1 fully saturated rings. The lowest BCUT2D eigenvalue weighted by Crippen LogP contribution is -2.28. The molecule has 160 valence electrons. The number of carbonyl (C=O) groups is 2. The molecule has 0 unspecified atom stereocenters. The summed E-state index contributed by atoms with van der Waals surface area (Å²) in [5.74, 6) is -0.148. The Balaban J connectivity index is 1.50. The molecule has 2 aromatic rings. The van der Waals surface area contributed by atoms with Gasteiger partial charge in [0.25, 0.3) is 5.91 Å². The van der Waals surface area contributed by atoms with Crippen LogP contribution in [0.3, 0.4) is 0 Å². The third-order valence-corrected chi connectivity index (χ3v) is 6.74. The van der Waals surface area contributed by atoms with Gasteiger partial charge >= 0.3 is 0 Å². The molecule has 0 saturated carbocycles. The van der Waals surface area contributed by atoms with E-state index >= 15 is 0 Å². The lowest BCUT2D eigenvalue weighted by atomic mass is 10.2. The number of hydrogen-bond donors (Lipinski definition) is 2. The molecule has 0 spiro atoms. The first-order chi connectivity index (χ1) is 14.4. The van der Waals surface area contributed by atoms with Crippen LogP contribution in [-0.2, 0) is 14.8 Å². The highest BCUT2D eigenvalue weighted by molar-refractivity contribution is 7.89. The van der Waals surface area contributed by atoms with Gasteiger partial charge in [0.1, 0.15) is 5.75 Å². The number of nitrogens with zero attached hydrogens (tertiary/aromatic N) is 1. The van der Waals surface area contributed by atoms with Crippen molar-refractivity contribution >= 4 is 27.5 Å². The maximum Gasteiger partial charge on any atom is 0.255 e. The summed E-state index contributed by atoms with van der Waals surface area (Å²) in [6, 6.07) is 13.0. The Morgan fingerprint density at radius 2 is 1.70 bits per heavy atom. The van der Waals surface area contributed by atoms with E-state index in [0.29, 0.717) is 30.1 Å². The highest BCUT2D eigenvalue weighted by Crippen LogP contribution is 2.22. The van der Waals surface area contributed by atoms with E-state index in [1.807, 2.05) is 0 Å². The molecule has 2 N–H and O–H groups in total. The van der Waals surface area contributed by atoms with Crippen molar-refractivity contribution in [2.75, 3.05) is 32.1 Å². The van der Waals surface area contributed by atoms with Gasteiger partial charge in [-0.2, -0.15) is 4.31 Å². The average molecular weight is 432 g/mol. The van der Waals surface area contributed by atoms with Gasteiger partial charge < -0.3 is 15.4 Å². The van der Waals surface area contributed by atoms with Gasteiger partial charge in [-0.1, -0.05) is 12.1 Å². The fraction of sp³-hybridized carbons (Fsp3) is 0.333. The molecule has 0 atom stereocenters. The molecule has 0 aliphatic carbocycles. The fourth-order valence-electron chi connectivity index (χ4n) is 3.23. The van der Waals surface area contributed by atoms with Crippen LogP contribution in [0.25, 0.3) is 0 Å². The standard InChI is InChI=1S/C21H25N3O5S/c1-29-19-7-3-2-6-18(19)21(26)22-13-12-20(25)23-16-8-10-17(11-9-16)30(27,28)24-14-4-5-15-24/h2-3,6-11H,4-5,12-15H2,1H3,(H,22,26)(H,23,25). The molecule has 3 rings (SSSR count). The van der Waals surface area contributed by atoms with Gasteiger partial charge in [0.2, 0.25) is 15.9 Å². The number of ether oxygens (including phenoxy) is 1. The third kappa shape index (κ3) is 5.17. The summed E-state index contributed by atoms with van der Waals surface area (Å²) in [6.45, 7) is 1.24. The molecule has 30 heavy (non-hydrogen) atoms.